The van der Waals surface area contributed by atoms with E-state index in [-0.39, 0.29) is 5.97 Å². The van der Waals surface area contributed by atoms with Crippen molar-refractivity contribution in [3.8, 4) is 5.75 Å². The van der Waals surface area contributed by atoms with Gasteiger partial charge in [-0.25, -0.2) is 0 Å². The van der Waals surface area contributed by atoms with E-state index in [0.29, 0.717) is 13.0 Å². The molecule has 6 heteroatoms. The number of esters is 1. The average Bonchev–Trinajstić information content (AvgIpc) is 2.84. The standard InChI is InChI=1S/C26H36N2O4/c1-30-26(29)13-4-2-3-8-22(20-27-14-15-28-16-18-31-19-17-28)21-32-25-12-7-10-23-9-5-6-11-24(23)25/h5-12,27H,2-4,13-21H2,1H3/b22-8-. The van der Waals surface area contributed by atoms with E-state index >= 15 is 0 Å². The van der Waals surface area contributed by atoms with Crippen molar-refractivity contribution in [1.29, 1.82) is 0 Å². The molecule has 3 rings (SSSR count). The van der Waals surface area contributed by atoms with Gasteiger partial charge >= 0.3 is 5.97 Å². The van der Waals surface area contributed by atoms with Crippen molar-refractivity contribution in [1.82, 2.24) is 10.2 Å². The Morgan fingerprint density at radius 1 is 1.12 bits per heavy atom. The third kappa shape index (κ3) is 8.26. The van der Waals surface area contributed by atoms with E-state index in [1.165, 1.54) is 18.1 Å². The largest absolute Gasteiger partial charge is 0.489 e. The summed E-state index contributed by atoms with van der Waals surface area (Å²) in [6.07, 6.45) is 5.45. The van der Waals surface area contributed by atoms with Crippen LogP contribution in [-0.2, 0) is 14.3 Å². The van der Waals surface area contributed by atoms with E-state index in [0.717, 1.165) is 76.3 Å². The smallest absolute Gasteiger partial charge is 0.305 e. The molecule has 1 saturated heterocycles. The fraction of sp³-hybridized carbons (Fsp3) is 0.500. The number of carbonyl (C=O) groups is 1. The van der Waals surface area contributed by atoms with Crippen molar-refractivity contribution < 1.29 is 19.0 Å². The Bertz CT molecular complexity index is 857. The minimum absolute atomic E-state index is 0.140. The van der Waals surface area contributed by atoms with Gasteiger partial charge in [0.1, 0.15) is 12.4 Å². The Kier molecular flexibility index (Phi) is 10.5. The molecule has 0 radical (unpaired) electrons. The second-order valence-electron chi connectivity index (χ2n) is 8.08. The van der Waals surface area contributed by atoms with Crippen molar-refractivity contribution in [3.63, 3.8) is 0 Å². The minimum atomic E-state index is -0.140. The van der Waals surface area contributed by atoms with Crippen LogP contribution in [0.1, 0.15) is 25.7 Å². The molecule has 0 aromatic heterocycles. The van der Waals surface area contributed by atoms with E-state index in [4.69, 9.17) is 14.2 Å². The van der Waals surface area contributed by atoms with Crippen LogP contribution >= 0.6 is 0 Å². The van der Waals surface area contributed by atoms with Crippen molar-refractivity contribution in [2.45, 2.75) is 25.7 Å². The van der Waals surface area contributed by atoms with Crippen LogP contribution < -0.4 is 10.1 Å². The molecule has 0 aliphatic carbocycles. The monoisotopic (exact) mass is 440 g/mol. The molecular formula is C26H36N2O4. The van der Waals surface area contributed by atoms with Gasteiger partial charge in [-0.2, -0.15) is 0 Å². The second kappa shape index (κ2) is 13.9. The number of benzene rings is 2. The summed E-state index contributed by atoms with van der Waals surface area (Å²) < 4.78 is 16.4. The zero-order chi connectivity index (χ0) is 22.4. The highest BCUT2D eigenvalue weighted by Gasteiger charge is 2.09. The lowest BCUT2D eigenvalue weighted by Gasteiger charge is -2.26. The fourth-order valence-electron chi connectivity index (χ4n) is 3.81. The first-order valence-corrected chi connectivity index (χ1v) is 11.6. The molecule has 0 spiro atoms. The van der Waals surface area contributed by atoms with Crippen molar-refractivity contribution in [2.75, 3.05) is 59.7 Å². The molecule has 0 amide bonds. The van der Waals surface area contributed by atoms with Crippen LogP contribution in [0.15, 0.2) is 54.1 Å². The topological polar surface area (TPSA) is 60.0 Å². The van der Waals surface area contributed by atoms with Crippen LogP contribution in [-0.4, -0.2) is 70.5 Å². The van der Waals surface area contributed by atoms with Crippen LogP contribution in [0, 0.1) is 0 Å². The predicted octanol–water partition coefficient (Wildman–Crippen LogP) is 3.80. The maximum atomic E-state index is 11.3. The van der Waals surface area contributed by atoms with Gasteiger partial charge in [-0.3, -0.25) is 9.69 Å². The Morgan fingerprint density at radius 2 is 1.94 bits per heavy atom. The SMILES string of the molecule is COC(=O)CCCC/C=C(/CNCCN1CCOCC1)COc1cccc2ccccc12. The summed E-state index contributed by atoms with van der Waals surface area (Å²) in [5, 5.41) is 5.88. The van der Waals surface area contributed by atoms with Gasteiger partial charge in [-0.1, -0.05) is 42.5 Å². The second-order valence-corrected chi connectivity index (χ2v) is 8.08. The predicted molar refractivity (Wildman–Crippen MR) is 128 cm³/mol. The lowest BCUT2D eigenvalue weighted by molar-refractivity contribution is -0.140. The number of methoxy groups -OCH3 is 1. The molecule has 1 aliphatic heterocycles. The molecule has 2 aromatic rings. The number of hydrogen-bond acceptors (Lipinski definition) is 6. The number of ether oxygens (including phenoxy) is 3. The number of unbranched alkanes of at least 4 members (excludes halogenated alkanes) is 2. The van der Waals surface area contributed by atoms with E-state index < -0.39 is 0 Å². The van der Waals surface area contributed by atoms with E-state index in [9.17, 15) is 4.79 Å². The highest BCUT2D eigenvalue weighted by molar-refractivity contribution is 5.88. The number of nitrogens with one attached hydrogen (secondary N) is 1. The van der Waals surface area contributed by atoms with Gasteiger partial charge in [-0.15, -0.1) is 0 Å². The summed E-state index contributed by atoms with van der Waals surface area (Å²) in [6, 6.07) is 14.5. The molecule has 32 heavy (non-hydrogen) atoms. The molecule has 1 N–H and O–H groups in total. The fourth-order valence-corrected chi connectivity index (χ4v) is 3.81. The maximum Gasteiger partial charge on any atom is 0.305 e. The third-order valence-electron chi connectivity index (χ3n) is 5.72. The first-order chi connectivity index (χ1) is 15.8. The van der Waals surface area contributed by atoms with Gasteiger partial charge in [0.05, 0.1) is 20.3 Å². The van der Waals surface area contributed by atoms with Crippen LogP contribution in [0.25, 0.3) is 10.8 Å². The Labute approximate surface area is 191 Å². The van der Waals surface area contributed by atoms with Crippen LogP contribution in [0.4, 0.5) is 0 Å². The molecule has 1 heterocycles. The van der Waals surface area contributed by atoms with E-state index in [1.54, 1.807) is 0 Å². The summed E-state index contributed by atoms with van der Waals surface area (Å²) in [5.74, 6) is 0.770. The van der Waals surface area contributed by atoms with Crippen LogP contribution in [0.2, 0.25) is 0 Å². The quantitative estimate of drug-likeness (QED) is 0.290. The van der Waals surface area contributed by atoms with Gasteiger partial charge in [0.25, 0.3) is 0 Å². The van der Waals surface area contributed by atoms with Crippen LogP contribution in [0.3, 0.4) is 0 Å². The summed E-state index contributed by atoms with van der Waals surface area (Å²) in [5.41, 5.74) is 1.23. The first-order valence-electron chi connectivity index (χ1n) is 11.6. The van der Waals surface area contributed by atoms with Gasteiger partial charge in [0.15, 0.2) is 0 Å². The average molecular weight is 441 g/mol. The first kappa shape index (κ1) is 24.2. The zero-order valence-corrected chi connectivity index (χ0v) is 19.2. The molecular weight excluding hydrogens is 404 g/mol. The number of carbonyl (C=O) groups excluding carboxylic acids is 1. The molecule has 0 unspecified atom stereocenters. The number of fused-ring (bicyclic) bond motifs is 1. The van der Waals surface area contributed by atoms with Crippen molar-refractivity contribution in [2.24, 2.45) is 0 Å². The van der Waals surface area contributed by atoms with Crippen molar-refractivity contribution >= 4 is 16.7 Å². The molecule has 0 bridgehead atoms. The lowest BCUT2D eigenvalue weighted by Crippen LogP contribution is -2.40. The summed E-state index contributed by atoms with van der Waals surface area (Å²) in [4.78, 5) is 13.7. The Hall–Kier alpha value is -2.41. The molecule has 0 saturated carbocycles. The Morgan fingerprint density at radius 3 is 2.78 bits per heavy atom. The highest BCUT2D eigenvalue weighted by Crippen LogP contribution is 2.25. The van der Waals surface area contributed by atoms with E-state index in [2.05, 4.69) is 34.5 Å². The normalized spacial score (nSPS) is 15.1. The molecule has 1 fully saturated rings. The number of hydrogen-bond donors (Lipinski definition) is 1. The van der Waals surface area contributed by atoms with E-state index in [1.807, 2.05) is 24.3 Å². The summed E-state index contributed by atoms with van der Waals surface area (Å²) in [7, 11) is 1.44. The van der Waals surface area contributed by atoms with Gasteiger partial charge in [-0.05, 0) is 36.3 Å². The highest BCUT2D eigenvalue weighted by atomic mass is 16.5. The number of morpholine rings is 1. The molecule has 0 atom stereocenters. The molecule has 6 nitrogen and oxygen atoms in total. The minimum Gasteiger partial charge on any atom is -0.489 e. The summed E-state index contributed by atoms with van der Waals surface area (Å²) in [6.45, 7) is 6.99. The Balaban J connectivity index is 1.51. The number of nitrogens with zero attached hydrogens (tertiary/aromatic N) is 1. The van der Waals surface area contributed by atoms with Gasteiger partial charge in [0, 0.05) is 44.5 Å². The summed E-state index contributed by atoms with van der Waals surface area (Å²) >= 11 is 0. The van der Waals surface area contributed by atoms with Crippen molar-refractivity contribution in [3.05, 3.63) is 54.1 Å². The van der Waals surface area contributed by atoms with Gasteiger partial charge in [0.2, 0.25) is 0 Å². The third-order valence-corrected chi connectivity index (χ3v) is 5.72. The number of rotatable bonds is 13. The zero-order valence-electron chi connectivity index (χ0n) is 19.2. The molecule has 1 aliphatic rings. The number of allylic oxidation sites excluding steroid dienone is 1. The van der Waals surface area contributed by atoms with Crippen LogP contribution in [0.5, 0.6) is 5.75 Å². The lowest BCUT2D eigenvalue weighted by atomic mass is 10.1. The van der Waals surface area contributed by atoms with Gasteiger partial charge < -0.3 is 19.5 Å². The maximum absolute atomic E-state index is 11.3. The molecule has 174 valence electrons. The molecule has 2 aromatic carbocycles.